The van der Waals surface area contributed by atoms with Crippen molar-refractivity contribution in [3.63, 3.8) is 0 Å². The summed E-state index contributed by atoms with van der Waals surface area (Å²) >= 11 is 0. The molecule has 3 rings (SSSR count). The molecule has 0 unspecified atom stereocenters. The van der Waals surface area contributed by atoms with Crippen LogP contribution in [0.3, 0.4) is 0 Å². The van der Waals surface area contributed by atoms with Crippen molar-refractivity contribution >= 4 is 10.8 Å². The molecule has 1 radical (unpaired) electrons. The van der Waals surface area contributed by atoms with Crippen molar-refractivity contribution in [1.82, 2.24) is 0 Å². The molecule has 0 heterocycles. The molecule has 1 heteroatoms. The Morgan fingerprint density at radius 1 is 1.06 bits per heavy atom. The maximum absolute atomic E-state index is 2.35. The molecular formula is C16H21Ti. The van der Waals surface area contributed by atoms with E-state index < -0.39 is 0 Å². The zero-order valence-corrected chi connectivity index (χ0v) is 12.7. The molecule has 0 N–H and O–H groups in total. The van der Waals surface area contributed by atoms with Crippen molar-refractivity contribution in [1.29, 1.82) is 0 Å². The summed E-state index contributed by atoms with van der Waals surface area (Å²) in [5.74, 6) is 0. The number of benzene rings is 1. The fourth-order valence-electron chi connectivity index (χ4n) is 2.69. The summed E-state index contributed by atoms with van der Waals surface area (Å²) in [4.78, 5) is 0. The first kappa shape index (κ1) is 16.5. The number of hydrogen-bond acceptors (Lipinski definition) is 0. The van der Waals surface area contributed by atoms with E-state index in [1.807, 2.05) is 0 Å². The van der Waals surface area contributed by atoms with E-state index in [0.717, 1.165) is 0 Å². The first-order valence-electron chi connectivity index (χ1n) is 5.52. The van der Waals surface area contributed by atoms with E-state index in [0.29, 0.717) is 0 Å². The molecule has 0 saturated carbocycles. The Kier molecular flexibility index (Phi) is 6.30. The van der Waals surface area contributed by atoms with Gasteiger partial charge in [0.05, 0.1) is 0 Å². The normalized spacial score (nSPS) is 13.0. The number of aryl methyl sites for hydroxylation is 3. The van der Waals surface area contributed by atoms with Gasteiger partial charge in [-0.05, 0) is 25.7 Å². The van der Waals surface area contributed by atoms with Crippen molar-refractivity contribution in [2.45, 2.75) is 32.6 Å². The number of hydrogen-bond donors (Lipinski definition) is 0. The van der Waals surface area contributed by atoms with Crippen molar-refractivity contribution < 1.29 is 21.7 Å². The third-order valence-electron chi connectivity index (χ3n) is 3.37. The van der Waals surface area contributed by atoms with E-state index in [4.69, 9.17) is 0 Å². The topological polar surface area (TPSA) is 0 Å². The Morgan fingerprint density at radius 2 is 1.76 bits per heavy atom. The molecule has 2 aromatic carbocycles. The molecular weight excluding hydrogens is 240 g/mol. The van der Waals surface area contributed by atoms with Crippen LogP contribution < -0.4 is 0 Å². The second-order valence-electron chi connectivity index (χ2n) is 4.45. The Morgan fingerprint density at radius 3 is 2.53 bits per heavy atom. The maximum atomic E-state index is 2.35. The van der Waals surface area contributed by atoms with Crippen LogP contribution in [0.5, 0.6) is 0 Å². The molecule has 17 heavy (non-hydrogen) atoms. The molecule has 0 bridgehead atoms. The number of rotatable bonds is 0. The van der Waals surface area contributed by atoms with Crippen LogP contribution in [-0.2, 0) is 34.6 Å². The van der Waals surface area contributed by atoms with Crippen LogP contribution in [0, 0.1) is 21.8 Å². The average molecular weight is 261 g/mol. The zero-order chi connectivity index (χ0) is 9.54. The third-order valence-corrected chi connectivity index (χ3v) is 3.37. The molecule has 2 aromatic rings. The van der Waals surface area contributed by atoms with Gasteiger partial charge >= 0.3 is 21.7 Å². The summed E-state index contributed by atoms with van der Waals surface area (Å²) < 4.78 is 0. The Labute approximate surface area is 121 Å². The van der Waals surface area contributed by atoms with E-state index in [9.17, 15) is 0 Å². The smallest absolute Gasteiger partial charge is 0.358 e. The van der Waals surface area contributed by atoms with Crippen LogP contribution in [0.1, 0.15) is 29.5 Å². The average Bonchev–Trinajstić information content (AvgIpc) is 2.59. The van der Waals surface area contributed by atoms with Gasteiger partial charge in [-0.15, -0.1) is 34.5 Å². The summed E-state index contributed by atoms with van der Waals surface area (Å²) in [6.45, 7) is 2.19. The molecule has 0 aliphatic heterocycles. The van der Waals surface area contributed by atoms with Gasteiger partial charge in [-0.3, -0.25) is 0 Å². The fourth-order valence-corrected chi connectivity index (χ4v) is 2.69. The summed E-state index contributed by atoms with van der Waals surface area (Å²) in [7, 11) is 0. The molecule has 0 amide bonds. The SMILES string of the molecule is Cc1cc2c3c(ccc2[cH-]1)CCCC3.[CH3-].[CH3-].[Ti+3]. The summed E-state index contributed by atoms with van der Waals surface area (Å²) in [6.07, 6.45) is 5.32. The molecule has 0 fully saturated rings. The Balaban J connectivity index is 0.000000853. The molecule has 1 aliphatic rings. The van der Waals surface area contributed by atoms with Crippen molar-refractivity contribution in [2.24, 2.45) is 0 Å². The molecule has 89 valence electrons. The van der Waals surface area contributed by atoms with Gasteiger partial charge in [0.15, 0.2) is 0 Å². The first-order chi connectivity index (χ1) is 6.84. The monoisotopic (exact) mass is 261 g/mol. The van der Waals surface area contributed by atoms with Crippen LogP contribution in [0.15, 0.2) is 24.3 Å². The molecule has 0 nitrogen and oxygen atoms in total. The molecule has 0 spiro atoms. The summed E-state index contributed by atoms with van der Waals surface area (Å²) in [5.41, 5.74) is 4.62. The van der Waals surface area contributed by atoms with Crippen LogP contribution in [0.25, 0.3) is 10.8 Å². The van der Waals surface area contributed by atoms with Gasteiger partial charge < -0.3 is 14.9 Å². The van der Waals surface area contributed by atoms with Crippen LogP contribution in [-0.4, -0.2) is 0 Å². The third kappa shape index (κ3) is 2.87. The van der Waals surface area contributed by atoms with Gasteiger partial charge in [-0.2, -0.15) is 6.07 Å². The van der Waals surface area contributed by atoms with E-state index >= 15 is 0 Å². The molecule has 0 aromatic heterocycles. The Hall–Kier alpha value is -0.456. The predicted octanol–water partition coefficient (Wildman–Crippen LogP) is 4.64. The minimum absolute atomic E-state index is 0. The van der Waals surface area contributed by atoms with Crippen molar-refractivity contribution in [2.75, 3.05) is 0 Å². The second-order valence-corrected chi connectivity index (χ2v) is 4.45. The van der Waals surface area contributed by atoms with Gasteiger partial charge in [0.25, 0.3) is 0 Å². The summed E-state index contributed by atoms with van der Waals surface area (Å²) in [5, 5.41) is 2.95. The first-order valence-corrected chi connectivity index (χ1v) is 5.52. The van der Waals surface area contributed by atoms with E-state index in [2.05, 4.69) is 31.2 Å². The second kappa shape index (κ2) is 6.47. The van der Waals surface area contributed by atoms with Crippen molar-refractivity contribution in [3.8, 4) is 0 Å². The largest absolute Gasteiger partial charge is 3.00 e. The standard InChI is InChI=1S/C14H15.2CH3.Ti/c1-10-8-12-7-6-11-4-2-3-5-13(11)14(12)9-10;;;/h6-9H,2-5H2,1H3;2*1H3;/q3*-1;+3. The maximum Gasteiger partial charge on any atom is 3.00 e. The van der Waals surface area contributed by atoms with Crippen LogP contribution in [0.2, 0.25) is 0 Å². The van der Waals surface area contributed by atoms with E-state index in [1.54, 1.807) is 11.1 Å². The van der Waals surface area contributed by atoms with Gasteiger partial charge in [0.2, 0.25) is 0 Å². The minimum atomic E-state index is 0. The van der Waals surface area contributed by atoms with Crippen LogP contribution in [0.4, 0.5) is 0 Å². The van der Waals surface area contributed by atoms with Gasteiger partial charge in [-0.1, -0.05) is 18.1 Å². The van der Waals surface area contributed by atoms with E-state index in [-0.39, 0.29) is 36.6 Å². The predicted molar refractivity (Wildman–Crippen MR) is 73.7 cm³/mol. The Bertz CT molecular complexity index is 479. The summed E-state index contributed by atoms with van der Waals surface area (Å²) in [6, 6.07) is 9.26. The quantitative estimate of drug-likeness (QED) is 0.478. The van der Waals surface area contributed by atoms with Crippen molar-refractivity contribution in [3.05, 3.63) is 55.8 Å². The zero-order valence-electron chi connectivity index (χ0n) is 11.1. The molecule has 0 atom stereocenters. The van der Waals surface area contributed by atoms with Gasteiger partial charge in [0, 0.05) is 0 Å². The van der Waals surface area contributed by atoms with Gasteiger partial charge in [0.1, 0.15) is 0 Å². The van der Waals surface area contributed by atoms with Gasteiger partial charge in [-0.25, -0.2) is 0 Å². The van der Waals surface area contributed by atoms with E-state index in [1.165, 1.54) is 42.0 Å². The minimum Gasteiger partial charge on any atom is -0.358 e. The fraction of sp³-hybridized carbons (Fsp3) is 0.312. The molecule has 1 aliphatic carbocycles. The number of fused-ring (bicyclic) bond motifs is 3. The van der Waals surface area contributed by atoms with Crippen LogP contribution >= 0.6 is 0 Å². The molecule has 0 saturated heterocycles.